The second kappa shape index (κ2) is 7.14. The zero-order valence-electron chi connectivity index (χ0n) is 12.8. The van der Waals surface area contributed by atoms with Gasteiger partial charge < -0.3 is 14.8 Å². The topological polar surface area (TPSA) is 72.5 Å². The van der Waals surface area contributed by atoms with Gasteiger partial charge in [-0.2, -0.15) is 0 Å². The number of carbonyl (C=O) groups excluding carboxylic acids is 1. The van der Waals surface area contributed by atoms with Crippen molar-refractivity contribution in [1.82, 2.24) is 10.3 Å². The van der Waals surface area contributed by atoms with Gasteiger partial charge >= 0.3 is 0 Å². The van der Waals surface area contributed by atoms with Gasteiger partial charge in [0.1, 0.15) is 19.0 Å². The minimum absolute atomic E-state index is 0.170. The van der Waals surface area contributed by atoms with Crippen LogP contribution in [0.25, 0.3) is 0 Å². The number of carbonyl (C=O) groups is 1. The van der Waals surface area contributed by atoms with E-state index in [4.69, 9.17) is 21.7 Å². The van der Waals surface area contributed by atoms with Crippen LogP contribution < -0.4 is 20.1 Å². The lowest BCUT2D eigenvalue weighted by atomic mass is 10.2. The number of aryl methyl sites for hydroxylation is 1. The maximum Gasteiger partial charge on any atom is 0.257 e. The number of ether oxygens (including phenoxy) is 2. The number of nitrogens with zero attached hydrogens (tertiary/aromatic N) is 1. The number of thiocarbonyl (C=S) groups is 1. The highest BCUT2D eigenvalue weighted by Crippen LogP contribution is 2.30. The van der Waals surface area contributed by atoms with Gasteiger partial charge in [-0.3, -0.25) is 10.1 Å². The van der Waals surface area contributed by atoms with Crippen molar-refractivity contribution in [3.63, 3.8) is 0 Å². The molecule has 0 spiro atoms. The first-order valence-electron chi connectivity index (χ1n) is 7.18. The zero-order valence-corrected chi connectivity index (χ0v) is 15.2. The minimum atomic E-state index is -0.335. The van der Waals surface area contributed by atoms with Crippen molar-refractivity contribution in [2.45, 2.75) is 6.92 Å². The number of fused-ring (bicyclic) bond motifs is 1. The monoisotopic (exact) mass is 407 g/mol. The van der Waals surface area contributed by atoms with Crippen molar-refractivity contribution < 1.29 is 14.3 Å². The molecule has 0 saturated heterocycles. The number of amides is 1. The number of benzene rings is 1. The van der Waals surface area contributed by atoms with Crippen molar-refractivity contribution >= 4 is 45.0 Å². The molecule has 1 aliphatic heterocycles. The summed E-state index contributed by atoms with van der Waals surface area (Å²) in [7, 11) is 0. The van der Waals surface area contributed by atoms with Gasteiger partial charge in [0.05, 0.1) is 5.69 Å². The summed E-state index contributed by atoms with van der Waals surface area (Å²) in [5, 5.41) is 5.67. The molecule has 8 heteroatoms. The van der Waals surface area contributed by atoms with Crippen molar-refractivity contribution in [1.29, 1.82) is 0 Å². The predicted molar refractivity (Wildman–Crippen MR) is 97.8 cm³/mol. The molecule has 2 heterocycles. The molecule has 0 unspecified atom stereocenters. The maximum atomic E-state index is 12.3. The predicted octanol–water partition coefficient (Wildman–Crippen LogP) is 3.05. The molecule has 1 aromatic carbocycles. The third-order valence-electron chi connectivity index (χ3n) is 3.29. The van der Waals surface area contributed by atoms with Crippen LogP contribution in [0.15, 0.2) is 34.8 Å². The normalized spacial score (nSPS) is 12.4. The number of anilines is 1. The Morgan fingerprint density at radius 2 is 1.96 bits per heavy atom. The zero-order chi connectivity index (χ0) is 17.1. The molecule has 0 bridgehead atoms. The molecule has 2 N–H and O–H groups in total. The van der Waals surface area contributed by atoms with Gasteiger partial charge in [-0.15, -0.1) is 0 Å². The number of aromatic nitrogens is 1. The summed E-state index contributed by atoms with van der Waals surface area (Å²) in [6.07, 6.45) is 0. The Kier molecular flexibility index (Phi) is 4.96. The third kappa shape index (κ3) is 3.82. The lowest BCUT2D eigenvalue weighted by Crippen LogP contribution is -2.34. The number of hydrogen-bond donors (Lipinski definition) is 2. The lowest BCUT2D eigenvalue weighted by molar-refractivity contribution is 0.0976. The molecule has 0 radical (unpaired) electrons. The van der Waals surface area contributed by atoms with E-state index in [2.05, 4.69) is 31.5 Å². The molecule has 3 rings (SSSR count). The van der Waals surface area contributed by atoms with Crippen LogP contribution >= 0.6 is 28.1 Å². The molecule has 0 aliphatic carbocycles. The van der Waals surface area contributed by atoms with Gasteiger partial charge in [-0.25, -0.2) is 4.98 Å². The van der Waals surface area contributed by atoms with Gasteiger partial charge in [0, 0.05) is 10.0 Å². The van der Waals surface area contributed by atoms with E-state index in [0.717, 1.165) is 10.2 Å². The molecule has 0 atom stereocenters. The van der Waals surface area contributed by atoms with Gasteiger partial charge in [0.25, 0.3) is 5.91 Å². The van der Waals surface area contributed by atoms with E-state index in [1.54, 1.807) is 24.3 Å². The number of hydrogen-bond acceptors (Lipinski definition) is 5. The highest BCUT2D eigenvalue weighted by atomic mass is 79.9. The molecular formula is C16H14BrN3O3S. The van der Waals surface area contributed by atoms with E-state index in [0.29, 0.717) is 36.1 Å². The Labute approximate surface area is 152 Å². The largest absolute Gasteiger partial charge is 0.486 e. The van der Waals surface area contributed by atoms with Gasteiger partial charge in [-0.1, -0.05) is 0 Å². The average Bonchev–Trinajstić information content (AvgIpc) is 2.57. The molecule has 0 fully saturated rings. The Hall–Kier alpha value is -2.19. The van der Waals surface area contributed by atoms with E-state index >= 15 is 0 Å². The van der Waals surface area contributed by atoms with Gasteiger partial charge in [0.15, 0.2) is 16.6 Å². The number of nitrogens with one attached hydrogen (secondary N) is 2. The van der Waals surface area contributed by atoms with Crippen LogP contribution in [-0.2, 0) is 0 Å². The second-order valence-electron chi connectivity index (χ2n) is 5.03. The smallest absolute Gasteiger partial charge is 0.257 e. The number of pyridine rings is 1. The van der Waals surface area contributed by atoms with Crippen molar-refractivity contribution in [3.05, 3.63) is 46.1 Å². The van der Waals surface area contributed by atoms with Crippen molar-refractivity contribution in [2.24, 2.45) is 0 Å². The van der Waals surface area contributed by atoms with E-state index in [1.165, 1.54) is 0 Å². The van der Waals surface area contributed by atoms with E-state index in [-0.39, 0.29) is 11.0 Å². The van der Waals surface area contributed by atoms with E-state index in [1.807, 2.05) is 13.0 Å². The summed E-state index contributed by atoms with van der Waals surface area (Å²) in [5.41, 5.74) is 1.25. The Morgan fingerprint density at radius 3 is 2.71 bits per heavy atom. The second-order valence-corrected chi connectivity index (χ2v) is 6.29. The Balaban J connectivity index is 1.65. The van der Waals surface area contributed by atoms with Crippen LogP contribution in [-0.4, -0.2) is 29.2 Å². The molecule has 124 valence electrons. The lowest BCUT2D eigenvalue weighted by Gasteiger charge is -2.18. The van der Waals surface area contributed by atoms with Gasteiger partial charge in [-0.05, 0) is 65.4 Å². The third-order valence-corrected chi connectivity index (χ3v) is 4.34. The molecule has 1 amide bonds. The standard InChI is InChI=1S/C16H14BrN3O3S/c1-9-11(17)3-5-14(18-9)19-16(24)20-15(21)10-2-4-12-13(8-10)23-7-6-22-12/h2-5,8H,6-7H2,1H3,(H2,18,19,20,21,24). The first kappa shape index (κ1) is 16.7. The Morgan fingerprint density at radius 1 is 1.21 bits per heavy atom. The highest BCUT2D eigenvalue weighted by Gasteiger charge is 2.15. The van der Waals surface area contributed by atoms with Gasteiger partial charge in [0.2, 0.25) is 0 Å². The van der Waals surface area contributed by atoms with Crippen LogP contribution in [0.3, 0.4) is 0 Å². The van der Waals surface area contributed by atoms with Crippen molar-refractivity contribution in [3.8, 4) is 11.5 Å². The van der Waals surface area contributed by atoms with E-state index in [9.17, 15) is 4.79 Å². The molecule has 1 aromatic heterocycles. The summed E-state index contributed by atoms with van der Waals surface area (Å²) in [4.78, 5) is 16.6. The number of rotatable bonds is 2. The number of halogens is 1. The van der Waals surface area contributed by atoms with Crippen LogP contribution in [0.5, 0.6) is 11.5 Å². The summed E-state index contributed by atoms with van der Waals surface area (Å²) < 4.78 is 11.8. The first-order valence-corrected chi connectivity index (χ1v) is 8.38. The molecule has 0 saturated carbocycles. The van der Waals surface area contributed by atoms with Crippen LogP contribution in [0.4, 0.5) is 5.82 Å². The molecular weight excluding hydrogens is 394 g/mol. The molecule has 2 aromatic rings. The SMILES string of the molecule is Cc1nc(NC(=S)NC(=O)c2ccc3c(c2)OCCO3)ccc1Br. The first-order chi connectivity index (χ1) is 11.5. The summed E-state index contributed by atoms with van der Waals surface area (Å²) in [5.74, 6) is 1.41. The molecule has 1 aliphatic rings. The van der Waals surface area contributed by atoms with Crippen LogP contribution in [0.1, 0.15) is 16.1 Å². The van der Waals surface area contributed by atoms with Crippen LogP contribution in [0.2, 0.25) is 0 Å². The maximum absolute atomic E-state index is 12.3. The summed E-state index contributed by atoms with van der Waals surface area (Å²) in [6.45, 7) is 2.84. The van der Waals surface area contributed by atoms with Crippen LogP contribution in [0, 0.1) is 6.92 Å². The average molecular weight is 408 g/mol. The fraction of sp³-hybridized carbons (Fsp3) is 0.188. The van der Waals surface area contributed by atoms with E-state index < -0.39 is 0 Å². The fourth-order valence-electron chi connectivity index (χ4n) is 2.12. The summed E-state index contributed by atoms with van der Waals surface area (Å²) in [6, 6.07) is 8.62. The highest BCUT2D eigenvalue weighted by molar-refractivity contribution is 9.10. The van der Waals surface area contributed by atoms with Crippen molar-refractivity contribution in [2.75, 3.05) is 18.5 Å². The fourth-order valence-corrected chi connectivity index (χ4v) is 2.54. The minimum Gasteiger partial charge on any atom is -0.486 e. The molecule has 6 nitrogen and oxygen atoms in total. The molecule has 24 heavy (non-hydrogen) atoms. The quantitative estimate of drug-likeness (QED) is 0.745. The summed E-state index contributed by atoms with van der Waals surface area (Å²) >= 11 is 8.54. The Bertz CT molecular complexity index is 813.